The van der Waals surface area contributed by atoms with Crippen molar-refractivity contribution >= 4 is 41.1 Å². The lowest BCUT2D eigenvalue weighted by Crippen LogP contribution is -2.57. The average Bonchev–Trinajstić information content (AvgIpc) is 2.98. The third-order valence-electron chi connectivity index (χ3n) is 7.27. The molecule has 0 bridgehead atoms. The minimum atomic E-state index is -0.943. The van der Waals surface area contributed by atoms with Crippen molar-refractivity contribution in [1.82, 2.24) is 25.8 Å². The SMILES string of the molecule is COc1ccc(C(=O)N2CCNC(=O)[C@H](Cc3ccccc3)NC(=O)[C@H](C)N(C)C(=O)[C@H](CC(C)C)NC(=O)C2)cc1Cl. The van der Waals surface area contributed by atoms with Crippen LogP contribution in [0.5, 0.6) is 5.75 Å². The molecule has 1 aliphatic heterocycles. The molecule has 5 amide bonds. The summed E-state index contributed by atoms with van der Waals surface area (Å²) in [4.78, 5) is 69.5. The fourth-order valence-corrected chi connectivity index (χ4v) is 5.00. The van der Waals surface area contributed by atoms with Gasteiger partial charge < -0.3 is 30.5 Å². The van der Waals surface area contributed by atoms with Crippen LogP contribution in [0, 0.1) is 5.92 Å². The Morgan fingerprint density at radius 2 is 1.72 bits per heavy atom. The number of benzene rings is 2. The van der Waals surface area contributed by atoms with Crippen molar-refractivity contribution in [3.05, 3.63) is 64.7 Å². The number of ether oxygens (including phenoxy) is 1. The molecule has 1 fully saturated rings. The standard InChI is InChI=1S/C31H40ClN5O6/c1-19(2)15-25-31(42)36(4)20(3)28(39)35-24(16-21-9-7-6-8-10-21)29(40)33-13-14-37(18-27(38)34-25)30(41)22-11-12-26(43-5)23(32)17-22/h6-12,17,19-20,24-25H,13-16,18H2,1-5H3,(H,33,40)(H,34,38)(H,35,39)/t20-,24-,25-/m0/s1. The third kappa shape index (κ3) is 9.18. The molecule has 0 aliphatic carbocycles. The van der Waals surface area contributed by atoms with Crippen molar-refractivity contribution in [2.45, 2.75) is 51.7 Å². The van der Waals surface area contributed by atoms with Gasteiger partial charge in [-0.05, 0) is 43.0 Å². The van der Waals surface area contributed by atoms with Crippen molar-refractivity contribution in [2.75, 3.05) is 33.8 Å². The molecule has 2 aromatic rings. The van der Waals surface area contributed by atoms with Gasteiger partial charge in [0.2, 0.25) is 23.6 Å². The quantitative estimate of drug-likeness (QED) is 0.456. The zero-order valence-corrected chi connectivity index (χ0v) is 25.9. The van der Waals surface area contributed by atoms with Gasteiger partial charge in [-0.3, -0.25) is 24.0 Å². The van der Waals surface area contributed by atoms with Crippen LogP contribution in [0.2, 0.25) is 5.02 Å². The molecule has 11 nitrogen and oxygen atoms in total. The summed E-state index contributed by atoms with van der Waals surface area (Å²) >= 11 is 6.25. The van der Waals surface area contributed by atoms with Crippen LogP contribution in [0.3, 0.4) is 0 Å². The molecular weight excluding hydrogens is 574 g/mol. The van der Waals surface area contributed by atoms with E-state index in [2.05, 4.69) is 16.0 Å². The summed E-state index contributed by atoms with van der Waals surface area (Å²) in [5, 5.41) is 8.56. The van der Waals surface area contributed by atoms with Gasteiger partial charge in [0.15, 0.2) is 0 Å². The minimum absolute atomic E-state index is 0.00666. The van der Waals surface area contributed by atoms with Crippen molar-refractivity contribution < 1.29 is 28.7 Å². The second kappa shape index (κ2) is 15.4. The number of halogens is 1. The monoisotopic (exact) mass is 613 g/mol. The lowest BCUT2D eigenvalue weighted by molar-refractivity contribution is -0.142. The van der Waals surface area contributed by atoms with Gasteiger partial charge in [-0.25, -0.2) is 0 Å². The molecule has 1 heterocycles. The first kappa shape index (κ1) is 33.4. The highest BCUT2D eigenvalue weighted by molar-refractivity contribution is 6.32. The van der Waals surface area contributed by atoms with E-state index in [0.717, 1.165) is 5.56 Å². The molecule has 12 heteroatoms. The normalized spacial score (nSPS) is 21.0. The number of rotatable bonds is 6. The molecule has 232 valence electrons. The maximum absolute atomic E-state index is 13.5. The first-order chi connectivity index (χ1) is 20.4. The molecule has 0 radical (unpaired) electrons. The second-order valence-corrected chi connectivity index (χ2v) is 11.4. The van der Waals surface area contributed by atoms with Crippen LogP contribution in [-0.2, 0) is 25.6 Å². The third-order valence-corrected chi connectivity index (χ3v) is 7.56. The highest BCUT2D eigenvalue weighted by Crippen LogP contribution is 2.25. The molecule has 1 saturated heterocycles. The lowest BCUT2D eigenvalue weighted by atomic mass is 10.0. The van der Waals surface area contributed by atoms with Gasteiger partial charge in [-0.2, -0.15) is 0 Å². The Labute approximate surface area is 257 Å². The van der Waals surface area contributed by atoms with Crippen molar-refractivity contribution in [3.63, 3.8) is 0 Å². The van der Waals surface area contributed by atoms with Crippen LogP contribution in [0.1, 0.15) is 43.1 Å². The van der Waals surface area contributed by atoms with Crippen molar-refractivity contribution in [2.24, 2.45) is 5.92 Å². The van der Waals surface area contributed by atoms with Gasteiger partial charge in [0.1, 0.15) is 23.9 Å². The van der Waals surface area contributed by atoms with Crippen LogP contribution in [0.15, 0.2) is 48.5 Å². The number of methoxy groups -OCH3 is 1. The number of likely N-dealkylation sites (N-methyl/N-ethyl adjacent to an activating group) is 1. The van der Waals surface area contributed by atoms with Crippen LogP contribution in [-0.4, -0.2) is 91.3 Å². The van der Waals surface area contributed by atoms with E-state index in [1.165, 1.54) is 36.1 Å². The van der Waals surface area contributed by atoms with E-state index < -0.39 is 47.7 Å². The number of hydrogen-bond acceptors (Lipinski definition) is 6. The highest BCUT2D eigenvalue weighted by atomic mass is 35.5. The largest absolute Gasteiger partial charge is 0.495 e. The maximum Gasteiger partial charge on any atom is 0.254 e. The Morgan fingerprint density at radius 3 is 2.35 bits per heavy atom. The smallest absolute Gasteiger partial charge is 0.254 e. The molecule has 3 rings (SSSR count). The topological polar surface area (TPSA) is 137 Å². The number of nitrogens with one attached hydrogen (secondary N) is 3. The molecule has 2 aromatic carbocycles. The van der Waals surface area contributed by atoms with E-state index in [1.54, 1.807) is 13.0 Å². The minimum Gasteiger partial charge on any atom is -0.495 e. The van der Waals surface area contributed by atoms with Gasteiger partial charge in [0, 0.05) is 32.1 Å². The van der Waals surface area contributed by atoms with E-state index >= 15 is 0 Å². The summed E-state index contributed by atoms with van der Waals surface area (Å²) in [6, 6.07) is 11.0. The fraction of sp³-hybridized carbons (Fsp3) is 0.452. The average molecular weight is 614 g/mol. The van der Waals surface area contributed by atoms with Crippen LogP contribution in [0.25, 0.3) is 0 Å². The molecule has 0 unspecified atom stereocenters. The summed E-state index contributed by atoms with van der Waals surface area (Å²) in [6.45, 7) is 5.01. The van der Waals surface area contributed by atoms with Gasteiger partial charge in [0.25, 0.3) is 5.91 Å². The zero-order chi connectivity index (χ0) is 31.7. The van der Waals surface area contributed by atoms with Crippen LogP contribution < -0.4 is 20.7 Å². The van der Waals surface area contributed by atoms with E-state index in [-0.39, 0.29) is 42.6 Å². The van der Waals surface area contributed by atoms with Gasteiger partial charge >= 0.3 is 0 Å². The Hall–Kier alpha value is -4.12. The number of carbonyl (C=O) groups is 5. The van der Waals surface area contributed by atoms with E-state index in [1.807, 2.05) is 44.2 Å². The predicted molar refractivity (Wildman–Crippen MR) is 163 cm³/mol. The predicted octanol–water partition coefficient (Wildman–Crippen LogP) is 2.03. The Morgan fingerprint density at radius 1 is 1.02 bits per heavy atom. The Bertz CT molecular complexity index is 1320. The maximum atomic E-state index is 13.5. The summed E-state index contributed by atoms with van der Waals surface area (Å²) in [5.41, 5.74) is 1.05. The Balaban J connectivity index is 1.95. The fourth-order valence-electron chi connectivity index (χ4n) is 4.74. The summed E-state index contributed by atoms with van der Waals surface area (Å²) in [7, 11) is 2.94. The summed E-state index contributed by atoms with van der Waals surface area (Å²) in [5.74, 6) is -2.04. The van der Waals surface area contributed by atoms with Crippen molar-refractivity contribution in [1.29, 1.82) is 0 Å². The summed E-state index contributed by atoms with van der Waals surface area (Å²) in [6.07, 6.45) is 0.535. The lowest BCUT2D eigenvalue weighted by Gasteiger charge is -2.30. The highest BCUT2D eigenvalue weighted by Gasteiger charge is 2.33. The first-order valence-electron chi connectivity index (χ1n) is 14.2. The van der Waals surface area contributed by atoms with E-state index in [4.69, 9.17) is 16.3 Å². The molecule has 1 aliphatic rings. The number of nitrogens with zero attached hydrogens (tertiary/aromatic N) is 2. The van der Waals surface area contributed by atoms with Gasteiger partial charge in [0.05, 0.1) is 18.7 Å². The zero-order valence-electron chi connectivity index (χ0n) is 25.2. The summed E-state index contributed by atoms with van der Waals surface area (Å²) < 4.78 is 5.17. The van der Waals surface area contributed by atoms with Crippen LogP contribution >= 0.6 is 11.6 Å². The van der Waals surface area contributed by atoms with Gasteiger partial charge in [-0.15, -0.1) is 0 Å². The first-order valence-corrected chi connectivity index (χ1v) is 14.6. The van der Waals surface area contributed by atoms with E-state index in [9.17, 15) is 24.0 Å². The van der Waals surface area contributed by atoms with Crippen molar-refractivity contribution in [3.8, 4) is 5.75 Å². The number of amides is 5. The molecular formula is C31H40ClN5O6. The van der Waals surface area contributed by atoms with Crippen LogP contribution in [0.4, 0.5) is 0 Å². The molecule has 0 aromatic heterocycles. The van der Waals surface area contributed by atoms with E-state index in [0.29, 0.717) is 12.2 Å². The van der Waals surface area contributed by atoms with Gasteiger partial charge in [-0.1, -0.05) is 55.8 Å². The molecule has 0 spiro atoms. The number of hydrogen-bond donors (Lipinski definition) is 3. The molecule has 43 heavy (non-hydrogen) atoms. The Kier molecular flexibility index (Phi) is 11.9. The number of carbonyl (C=O) groups excluding carboxylic acids is 5. The molecule has 3 atom stereocenters. The second-order valence-electron chi connectivity index (χ2n) is 11.0. The molecule has 0 saturated carbocycles. The molecule has 3 N–H and O–H groups in total.